The Hall–Kier alpha value is -1.36. The fourth-order valence-electron chi connectivity index (χ4n) is 1.07. The summed E-state index contributed by atoms with van der Waals surface area (Å²) in [7, 11) is 1.72. The molecule has 1 rings (SSSR count). The molecule has 0 aliphatic rings. The third kappa shape index (κ3) is 2.06. The summed E-state index contributed by atoms with van der Waals surface area (Å²) in [6, 6.07) is 0. The predicted molar refractivity (Wildman–Crippen MR) is 49.3 cm³/mol. The monoisotopic (exact) mass is 182 g/mol. The van der Waals surface area contributed by atoms with Gasteiger partial charge in [0.2, 0.25) is 0 Å². The number of aromatic nitrogens is 2. The molecule has 1 amide bonds. The van der Waals surface area contributed by atoms with E-state index < -0.39 is 0 Å². The van der Waals surface area contributed by atoms with Crippen LogP contribution in [0.2, 0.25) is 0 Å². The molecule has 5 heteroatoms. The lowest BCUT2D eigenvalue weighted by molar-refractivity contribution is 0.0798. The van der Waals surface area contributed by atoms with Crippen LogP contribution in [0.4, 0.5) is 0 Å². The summed E-state index contributed by atoms with van der Waals surface area (Å²) in [5, 5.41) is 6.50. The molecule has 0 fully saturated rings. The molecule has 5 nitrogen and oxygen atoms in total. The Labute approximate surface area is 76.9 Å². The second-order valence-corrected chi connectivity index (χ2v) is 2.92. The SMILES string of the molecule is Cc1[nH]ncc1C(=O)N(C)CCN. The van der Waals surface area contributed by atoms with Gasteiger partial charge in [-0.15, -0.1) is 0 Å². The van der Waals surface area contributed by atoms with Crippen LogP contribution in [0.25, 0.3) is 0 Å². The maximum atomic E-state index is 11.6. The minimum absolute atomic E-state index is 0.0447. The van der Waals surface area contributed by atoms with Gasteiger partial charge in [0.25, 0.3) is 5.91 Å². The number of amides is 1. The van der Waals surface area contributed by atoms with Crippen LogP contribution in [0.15, 0.2) is 6.20 Å². The molecule has 0 aliphatic carbocycles. The molecular formula is C8H14N4O. The number of aromatic amines is 1. The van der Waals surface area contributed by atoms with Gasteiger partial charge in [0, 0.05) is 25.8 Å². The Morgan fingerprint density at radius 3 is 2.92 bits per heavy atom. The summed E-state index contributed by atoms with van der Waals surface area (Å²) >= 11 is 0. The molecule has 1 aromatic heterocycles. The summed E-state index contributed by atoms with van der Waals surface area (Å²) in [6.45, 7) is 2.85. The van der Waals surface area contributed by atoms with Crippen molar-refractivity contribution in [2.24, 2.45) is 5.73 Å². The molecule has 0 radical (unpaired) electrons. The average Bonchev–Trinajstić information content (AvgIpc) is 2.50. The van der Waals surface area contributed by atoms with Crippen molar-refractivity contribution >= 4 is 5.91 Å². The Morgan fingerprint density at radius 1 is 1.77 bits per heavy atom. The topological polar surface area (TPSA) is 75.0 Å². The van der Waals surface area contributed by atoms with E-state index in [1.807, 2.05) is 6.92 Å². The molecule has 13 heavy (non-hydrogen) atoms. The first-order chi connectivity index (χ1) is 6.16. The van der Waals surface area contributed by atoms with E-state index in [1.54, 1.807) is 11.9 Å². The number of nitrogens with one attached hydrogen (secondary N) is 1. The molecule has 0 saturated carbocycles. The van der Waals surface area contributed by atoms with Gasteiger partial charge in [0.1, 0.15) is 0 Å². The highest BCUT2D eigenvalue weighted by molar-refractivity contribution is 5.94. The lowest BCUT2D eigenvalue weighted by Crippen LogP contribution is -2.31. The fourth-order valence-corrected chi connectivity index (χ4v) is 1.07. The number of hydrogen-bond acceptors (Lipinski definition) is 3. The molecule has 0 bridgehead atoms. The number of rotatable bonds is 3. The third-order valence-corrected chi connectivity index (χ3v) is 1.87. The van der Waals surface area contributed by atoms with E-state index in [9.17, 15) is 4.79 Å². The first kappa shape index (κ1) is 9.73. The maximum absolute atomic E-state index is 11.6. The zero-order chi connectivity index (χ0) is 9.84. The molecule has 0 atom stereocenters. The van der Waals surface area contributed by atoms with Crippen molar-refractivity contribution in [1.82, 2.24) is 15.1 Å². The number of nitrogens with zero attached hydrogens (tertiary/aromatic N) is 2. The van der Waals surface area contributed by atoms with Crippen LogP contribution in [0.3, 0.4) is 0 Å². The van der Waals surface area contributed by atoms with Crippen LogP contribution in [0.1, 0.15) is 16.1 Å². The summed E-state index contributed by atoms with van der Waals surface area (Å²) in [4.78, 5) is 13.2. The van der Waals surface area contributed by atoms with E-state index in [2.05, 4.69) is 10.2 Å². The molecule has 1 aromatic rings. The van der Waals surface area contributed by atoms with Crippen molar-refractivity contribution in [2.75, 3.05) is 20.1 Å². The van der Waals surface area contributed by atoms with E-state index in [0.29, 0.717) is 18.7 Å². The van der Waals surface area contributed by atoms with Gasteiger partial charge in [-0.3, -0.25) is 9.89 Å². The highest BCUT2D eigenvalue weighted by atomic mass is 16.2. The Balaban J connectivity index is 2.73. The molecular weight excluding hydrogens is 168 g/mol. The quantitative estimate of drug-likeness (QED) is 0.676. The van der Waals surface area contributed by atoms with Crippen molar-refractivity contribution in [2.45, 2.75) is 6.92 Å². The van der Waals surface area contributed by atoms with Crippen LogP contribution in [0, 0.1) is 6.92 Å². The van der Waals surface area contributed by atoms with Gasteiger partial charge in [-0.1, -0.05) is 0 Å². The van der Waals surface area contributed by atoms with E-state index in [-0.39, 0.29) is 5.91 Å². The molecule has 3 N–H and O–H groups in total. The van der Waals surface area contributed by atoms with Gasteiger partial charge >= 0.3 is 0 Å². The molecule has 1 heterocycles. The third-order valence-electron chi connectivity index (χ3n) is 1.87. The van der Waals surface area contributed by atoms with Gasteiger partial charge in [-0.05, 0) is 6.92 Å². The highest BCUT2D eigenvalue weighted by Gasteiger charge is 2.14. The lowest BCUT2D eigenvalue weighted by Gasteiger charge is -2.14. The van der Waals surface area contributed by atoms with E-state index in [4.69, 9.17) is 5.73 Å². The molecule has 0 spiro atoms. The maximum Gasteiger partial charge on any atom is 0.257 e. The van der Waals surface area contributed by atoms with Crippen LogP contribution < -0.4 is 5.73 Å². The summed E-state index contributed by atoms with van der Waals surface area (Å²) in [5.41, 5.74) is 6.73. The zero-order valence-electron chi connectivity index (χ0n) is 7.87. The summed E-state index contributed by atoms with van der Waals surface area (Å²) < 4.78 is 0. The summed E-state index contributed by atoms with van der Waals surface area (Å²) in [5.74, 6) is -0.0447. The predicted octanol–water partition coefficient (Wildman–Crippen LogP) is -0.251. The minimum atomic E-state index is -0.0447. The smallest absolute Gasteiger partial charge is 0.257 e. The average molecular weight is 182 g/mol. The van der Waals surface area contributed by atoms with Gasteiger partial charge in [0.05, 0.1) is 11.8 Å². The van der Waals surface area contributed by atoms with Crippen LogP contribution in [-0.2, 0) is 0 Å². The van der Waals surface area contributed by atoms with Crippen molar-refractivity contribution in [3.63, 3.8) is 0 Å². The zero-order valence-corrected chi connectivity index (χ0v) is 7.87. The van der Waals surface area contributed by atoms with Crippen LogP contribution in [0.5, 0.6) is 0 Å². The molecule has 0 saturated heterocycles. The number of carbonyl (C=O) groups is 1. The van der Waals surface area contributed by atoms with Crippen LogP contribution in [-0.4, -0.2) is 41.1 Å². The number of carbonyl (C=O) groups excluding carboxylic acids is 1. The second-order valence-electron chi connectivity index (χ2n) is 2.92. The lowest BCUT2D eigenvalue weighted by atomic mass is 10.2. The normalized spacial score (nSPS) is 10.1. The minimum Gasteiger partial charge on any atom is -0.340 e. The Morgan fingerprint density at radius 2 is 2.46 bits per heavy atom. The number of H-pyrrole nitrogens is 1. The van der Waals surface area contributed by atoms with Gasteiger partial charge in [0.15, 0.2) is 0 Å². The van der Waals surface area contributed by atoms with Gasteiger partial charge in [-0.2, -0.15) is 5.10 Å². The first-order valence-electron chi connectivity index (χ1n) is 4.12. The number of nitrogens with two attached hydrogens (primary N) is 1. The van der Waals surface area contributed by atoms with E-state index in [0.717, 1.165) is 5.69 Å². The number of hydrogen-bond donors (Lipinski definition) is 2. The van der Waals surface area contributed by atoms with Gasteiger partial charge < -0.3 is 10.6 Å². The first-order valence-corrected chi connectivity index (χ1v) is 4.12. The number of aryl methyl sites for hydroxylation is 1. The largest absolute Gasteiger partial charge is 0.340 e. The molecule has 0 aromatic carbocycles. The van der Waals surface area contributed by atoms with Crippen LogP contribution >= 0.6 is 0 Å². The highest BCUT2D eigenvalue weighted by Crippen LogP contribution is 2.05. The Kier molecular flexibility index (Phi) is 3.02. The second kappa shape index (κ2) is 4.04. The van der Waals surface area contributed by atoms with Crippen molar-refractivity contribution in [3.05, 3.63) is 17.5 Å². The molecule has 0 aliphatic heterocycles. The number of likely N-dealkylation sites (N-methyl/N-ethyl adjacent to an activating group) is 1. The van der Waals surface area contributed by atoms with Crippen molar-refractivity contribution in [1.29, 1.82) is 0 Å². The fraction of sp³-hybridized carbons (Fsp3) is 0.500. The van der Waals surface area contributed by atoms with Crippen molar-refractivity contribution in [3.8, 4) is 0 Å². The standard InChI is InChI=1S/C8H14N4O/c1-6-7(5-10-11-6)8(13)12(2)4-3-9/h5H,3-4,9H2,1-2H3,(H,10,11). The Bertz CT molecular complexity index is 294. The summed E-state index contributed by atoms with van der Waals surface area (Å²) in [6.07, 6.45) is 1.53. The van der Waals surface area contributed by atoms with Gasteiger partial charge in [-0.25, -0.2) is 0 Å². The van der Waals surface area contributed by atoms with E-state index >= 15 is 0 Å². The van der Waals surface area contributed by atoms with Crippen molar-refractivity contribution < 1.29 is 4.79 Å². The molecule has 0 unspecified atom stereocenters. The molecule has 72 valence electrons. The van der Waals surface area contributed by atoms with E-state index in [1.165, 1.54) is 6.20 Å².